The molecule has 0 fully saturated rings. The van der Waals surface area contributed by atoms with Gasteiger partial charge in [0.15, 0.2) is 0 Å². The van der Waals surface area contributed by atoms with E-state index in [1.54, 1.807) is 18.2 Å². The Labute approximate surface area is 99.7 Å². The summed E-state index contributed by atoms with van der Waals surface area (Å²) in [6.07, 6.45) is 0. The van der Waals surface area contributed by atoms with Crippen LogP contribution in [-0.4, -0.2) is 5.91 Å². The standard InChI is InChI=1S/C9H4BrCl2NO/c10-5-4-8(14)13-7-3-1-2-6(11)9(7)12/h1-3H,(H,13,14). The van der Waals surface area contributed by atoms with Gasteiger partial charge in [0.05, 0.1) is 15.7 Å². The lowest BCUT2D eigenvalue weighted by molar-refractivity contribution is -0.111. The second-order valence-electron chi connectivity index (χ2n) is 2.27. The summed E-state index contributed by atoms with van der Waals surface area (Å²) < 4.78 is 0. The van der Waals surface area contributed by atoms with Gasteiger partial charge in [-0.15, -0.1) is 0 Å². The van der Waals surface area contributed by atoms with Gasteiger partial charge >= 0.3 is 5.91 Å². The highest BCUT2D eigenvalue weighted by Crippen LogP contribution is 2.29. The number of benzene rings is 1. The first-order chi connectivity index (χ1) is 6.65. The summed E-state index contributed by atoms with van der Waals surface area (Å²) in [6.45, 7) is 0. The van der Waals surface area contributed by atoms with E-state index >= 15 is 0 Å². The Bertz CT molecular complexity index is 423. The number of hydrogen-bond acceptors (Lipinski definition) is 1. The van der Waals surface area contributed by atoms with Crippen molar-refractivity contribution in [2.24, 2.45) is 0 Å². The molecule has 1 amide bonds. The highest BCUT2D eigenvalue weighted by Gasteiger charge is 2.05. The summed E-state index contributed by atoms with van der Waals surface area (Å²) in [5.74, 6) is 1.80. The molecule has 0 spiro atoms. The minimum Gasteiger partial charge on any atom is -0.314 e. The maximum atomic E-state index is 11.1. The fraction of sp³-hybridized carbons (Fsp3) is 0. The van der Waals surface area contributed by atoms with E-state index in [0.29, 0.717) is 15.7 Å². The van der Waals surface area contributed by atoms with Gasteiger partial charge in [0.2, 0.25) is 0 Å². The number of halogens is 3. The highest BCUT2D eigenvalue weighted by atomic mass is 79.9. The van der Waals surface area contributed by atoms with Gasteiger partial charge in [0.25, 0.3) is 0 Å². The van der Waals surface area contributed by atoms with Gasteiger partial charge in [-0.1, -0.05) is 29.3 Å². The largest absolute Gasteiger partial charge is 0.314 e. The predicted molar refractivity (Wildman–Crippen MR) is 61.8 cm³/mol. The van der Waals surface area contributed by atoms with Crippen molar-refractivity contribution < 1.29 is 4.79 Å². The third kappa shape index (κ3) is 2.91. The van der Waals surface area contributed by atoms with Crippen LogP contribution >= 0.6 is 39.1 Å². The van der Waals surface area contributed by atoms with Crippen LogP contribution in [0.3, 0.4) is 0 Å². The first kappa shape index (κ1) is 11.4. The van der Waals surface area contributed by atoms with Crippen molar-refractivity contribution in [1.29, 1.82) is 0 Å². The minimum atomic E-state index is -0.453. The molecule has 1 aromatic rings. The number of anilines is 1. The quantitative estimate of drug-likeness (QED) is 0.791. The summed E-state index contributed by atoms with van der Waals surface area (Å²) in [4.78, 5) is 13.4. The third-order valence-electron chi connectivity index (χ3n) is 1.36. The summed E-state index contributed by atoms with van der Waals surface area (Å²) in [7, 11) is 0. The molecule has 1 aromatic carbocycles. The van der Waals surface area contributed by atoms with E-state index in [9.17, 15) is 4.79 Å². The number of nitrogens with one attached hydrogen (secondary N) is 1. The number of carbonyl (C=O) groups is 1. The van der Waals surface area contributed by atoms with Crippen LogP contribution in [0, 0.1) is 10.8 Å². The van der Waals surface area contributed by atoms with Crippen LogP contribution in [0.1, 0.15) is 0 Å². The minimum absolute atomic E-state index is 0.305. The average Bonchev–Trinajstić information content (AvgIpc) is 2.13. The van der Waals surface area contributed by atoms with Crippen molar-refractivity contribution in [1.82, 2.24) is 0 Å². The van der Waals surface area contributed by atoms with E-state index in [1.165, 1.54) is 0 Å². The zero-order valence-corrected chi connectivity index (χ0v) is 9.87. The van der Waals surface area contributed by atoms with Gasteiger partial charge in [0, 0.05) is 21.9 Å². The molecule has 0 aliphatic rings. The number of carbonyl (C=O) groups excluding carboxylic acids is 1. The molecule has 0 aromatic heterocycles. The lowest BCUT2D eigenvalue weighted by Gasteiger charge is -2.04. The Morgan fingerprint density at radius 2 is 2.14 bits per heavy atom. The number of hydrogen-bond donors (Lipinski definition) is 1. The van der Waals surface area contributed by atoms with Crippen LogP contribution in [-0.2, 0) is 4.79 Å². The van der Waals surface area contributed by atoms with Crippen LogP contribution in [0.4, 0.5) is 5.69 Å². The van der Waals surface area contributed by atoms with Gasteiger partial charge in [-0.05, 0) is 17.0 Å². The maximum absolute atomic E-state index is 11.1. The molecule has 0 heterocycles. The van der Waals surface area contributed by atoms with Gasteiger partial charge in [-0.3, -0.25) is 4.79 Å². The van der Waals surface area contributed by atoms with Crippen molar-refractivity contribution in [3.05, 3.63) is 28.2 Å². The Morgan fingerprint density at radius 1 is 1.43 bits per heavy atom. The molecule has 14 heavy (non-hydrogen) atoms. The van der Waals surface area contributed by atoms with Crippen LogP contribution in [0.5, 0.6) is 0 Å². The summed E-state index contributed by atoms with van der Waals surface area (Å²) in [5, 5.41) is 3.18. The van der Waals surface area contributed by atoms with E-state index in [-0.39, 0.29) is 0 Å². The van der Waals surface area contributed by atoms with E-state index < -0.39 is 5.91 Å². The van der Waals surface area contributed by atoms with Crippen LogP contribution in [0.25, 0.3) is 0 Å². The molecule has 1 N–H and O–H groups in total. The molecule has 0 saturated heterocycles. The lowest BCUT2D eigenvalue weighted by Crippen LogP contribution is -2.08. The Kier molecular flexibility index (Phi) is 4.27. The average molecular weight is 293 g/mol. The third-order valence-corrected chi connectivity index (χ3v) is 2.38. The molecule has 5 heteroatoms. The monoisotopic (exact) mass is 291 g/mol. The topological polar surface area (TPSA) is 29.1 Å². The molecule has 2 nitrogen and oxygen atoms in total. The zero-order chi connectivity index (χ0) is 10.6. The summed E-state index contributed by atoms with van der Waals surface area (Å²) in [6, 6.07) is 4.96. The zero-order valence-electron chi connectivity index (χ0n) is 6.77. The maximum Gasteiger partial charge on any atom is 0.301 e. The molecule has 0 atom stereocenters. The van der Waals surface area contributed by atoms with Crippen molar-refractivity contribution >= 4 is 50.7 Å². The lowest BCUT2D eigenvalue weighted by atomic mass is 10.3. The second kappa shape index (κ2) is 5.26. The fourth-order valence-electron chi connectivity index (χ4n) is 0.797. The van der Waals surface area contributed by atoms with E-state index in [2.05, 4.69) is 32.0 Å². The molecule has 0 aliphatic carbocycles. The summed E-state index contributed by atoms with van der Waals surface area (Å²) >= 11 is 14.4. The summed E-state index contributed by atoms with van der Waals surface area (Å²) in [5.41, 5.74) is 0.444. The van der Waals surface area contributed by atoms with Crippen LogP contribution in [0.15, 0.2) is 18.2 Å². The van der Waals surface area contributed by atoms with Crippen molar-refractivity contribution in [3.63, 3.8) is 0 Å². The van der Waals surface area contributed by atoms with E-state index in [1.807, 2.05) is 0 Å². The van der Waals surface area contributed by atoms with Crippen molar-refractivity contribution in [2.75, 3.05) is 5.32 Å². The first-order valence-electron chi connectivity index (χ1n) is 3.52. The molecular weight excluding hydrogens is 289 g/mol. The Balaban J connectivity index is 2.90. The van der Waals surface area contributed by atoms with Gasteiger partial charge in [-0.25, -0.2) is 0 Å². The highest BCUT2D eigenvalue weighted by molar-refractivity contribution is 9.12. The fourth-order valence-corrected chi connectivity index (χ4v) is 1.32. The van der Waals surface area contributed by atoms with E-state index in [4.69, 9.17) is 23.2 Å². The molecule has 0 saturated carbocycles. The van der Waals surface area contributed by atoms with Crippen molar-refractivity contribution in [3.8, 4) is 10.8 Å². The number of rotatable bonds is 1. The van der Waals surface area contributed by atoms with E-state index in [0.717, 1.165) is 0 Å². The van der Waals surface area contributed by atoms with Gasteiger partial charge in [-0.2, -0.15) is 0 Å². The predicted octanol–water partition coefficient (Wildman–Crippen LogP) is 3.29. The van der Waals surface area contributed by atoms with Crippen LogP contribution < -0.4 is 5.32 Å². The molecule has 72 valence electrons. The molecule has 1 rings (SSSR count). The Hall–Kier alpha value is -0.690. The number of amides is 1. The van der Waals surface area contributed by atoms with Gasteiger partial charge in [0.1, 0.15) is 0 Å². The molecule has 0 radical (unpaired) electrons. The first-order valence-corrected chi connectivity index (χ1v) is 5.06. The normalized spacial score (nSPS) is 8.79. The second-order valence-corrected chi connectivity index (χ2v) is 3.46. The molecule has 0 bridgehead atoms. The van der Waals surface area contributed by atoms with Crippen LogP contribution in [0.2, 0.25) is 10.0 Å². The van der Waals surface area contributed by atoms with Crippen molar-refractivity contribution in [2.45, 2.75) is 0 Å². The Morgan fingerprint density at radius 3 is 2.79 bits per heavy atom. The molecule has 0 unspecified atom stereocenters. The van der Waals surface area contributed by atoms with Gasteiger partial charge < -0.3 is 5.32 Å². The smallest absolute Gasteiger partial charge is 0.301 e. The molecular formula is C9H4BrCl2NO. The molecule has 0 aliphatic heterocycles. The SMILES string of the molecule is O=C(C#CBr)Nc1cccc(Cl)c1Cl.